The van der Waals surface area contributed by atoms with Crippen LogP contribution in [0.1, 0.15) is 41.4 Å². The van der Waals surface area contributed by atoms with Crippen molar-refractivity contribution in [3.05, 3.63) is 57.0 Å². The van der Waals surface area contributed by atoms with E-state index in [1.54, 1.807) is 0 Å². The normalized spacial score (nSPS) is 17.9. The van der Waals surface area contributed by atoms with Gasteiger partial charge in [0.15, 0.2) is 5.76 Å². The minimum absolute atomic E-state index is 0.229. The van der Waals surface area contributed by atoms with E-state index in [2.05, 4.69) is 20.3 Å². The Labute approximate surface area is 162 Å². The molecule has 1 fully saturated rings. The van der Waals surface area contributed by atoms with Gasteiger partial charge in [-0.3, -0.25) is 10.00 Å². The maximum Gasteiger partial charge on any atom is 0.173 e. The summed E-state index contributed by atoms with van der Waals surface area (Å²) in [5, 5.41) is 12.8. The van der Waals surface area contributed by atoms with Crippen LogP contribution in [-0.2, 0) is 6.54 Å². The van der Waals surface area contributed by atoms with Gasteiger partial charge in [-0.2, -0.15) is 5.10 Å². The number of rotatable bonds is 4. The summed E-state index contributed by atoms with van der Waals surface area (Å²) >= 11 is 12.6. The van der Waals surface area contributed by atoms with E-state index >= 15 is 0 Å². The highest BCUT2D eigenvalue weighted by Crippen LogP contribution is 2.39. The van der Waals surface area contributed by atoms with E-state index in [9.17, 15) is 0 Å². The largest absolute Gasteiger partial charge is 0.356 e. The van der Waals surface area contributed by atoms with Gasteiger partial charge in [-0.05, 0) is 44.9 Å². The standard InChI is InChI=1S/C19H20Cl2N4O/c1-11-12(2)24-26-19(11)14-9-22-23-18(14)16-7-4-8-25(16)10-13-5-3-6-15(20)17(13)21/h3,5-6,9,16H,4,7-8,10H2,1-2H3,(H,22,23)/t16-/m1/s1. The third-order valence-corrected chi connectivity index (χ3v) is 6.03. The quantitative estimate of drug-likeness (QED) is 0.654. The second-order valence-corrected chi connectivity index (χ2v) is 7.55. The molecule has 0 amide bonds. The second-order valence-electron chi connectivity index (χ2n) is 6.76. The van der Waals surface area contributed by atoms with Gasteiger partial charge >= 0.3 is 0 Å². The fourth-order valence-corrected chi connectivity index (χ4v) is 4.01. The molecule has 5 nitrogen and oxygen atoms in total. The number of aromatic nitrogens is 3. The van der Waals surface area contributed by atoms with Crippen molar-refractivity contribution >= 4 is 23.2 Å². The lowest BCUT2D eigenvalue weighted by Crippen LogP contribution is -2.23. The molecule has 0 bridgehead atoms. The number of likely N-dealkylation sites (tertiary alicyclic amines) is 1. The van der Waals surface area contributed by atoms with Crippen LogP contribution in [0.3, 0.4) is 0 Å². The van der Waals surface area contributed by atoms with Gasteiger partial charge in [-0.1, -0.05) is 40.5 Å². The fraction of sp³-hybridized carbons (Fsp3) is 0.368. The van der Waals surface area contributed by atoms with Crippen molar-refractivity contribution in [2.75, 3.05) is 6.54 Å². The zero-order valence-corrected chi connectivity index (χ0v) is 16.2. The smallest absolute Gasteiger partial charge is 0.173 e. The number of hydrogen-bond acceptors (Lipinski definition) is 4. The number of aromatic amines is 1. The van der Waals surface area contributed by atoms with Gasteiger partial charge in [-0.15, -0.1) is 0 Å². The first-order valence-electron chi connectivity index (χ1n) is 8.69. The number of nitrogens with zero attached hydrogens (tertiary/aromatic N) is 3. The zero-order valence-electron chi connectivity index (χ0n) is 14.7. The first-order chi connectivity index (χ1) is 12.6. The molecule has 4 rings (SSSR count). The Bertz CT molecular complexity index is 934. The molecule has 1 aliphatic rings. The molecule has 0 unspecified atom stereocenters. The molecule has 136 valence electrons. The van der Waals surface area contributed by atoms with E-state index in [0.29, 0.717) is 10.0 Å². The SMILES string of the molecule is Cc1noc(-c2cn[nH]c2[C@H]2CCCN2Cc2cccc(Cl)c2Cl)c1C. The molecule has 0 spiro atoms. The van der Waals surface area contributed by atoms with Crippen LogP contribution in [-0.4, -0.2) is 26.8 Å². The monoisotopic (exact) mass is 390 g/mol. The van der Waals surface area contributed by atoms with Gasteiger partial charge in [0, 0.05) is 12.1 Å². The first-order valence-corrected chi connectivity index (χ1v) is 9.45. The molecule has 26 heavy (non-hydrogen) atoms. The molecule has 1 aromatic carbocycles. The molecule has 3 aromatic rings. The number of H-pyrrole nitrogens is 1. The van der Waals surface area contributed by atoms with Gasteiger partial charge in [0.05, 0.1) is 39.2 Å². The number of benzene rings is 1. The summed E-state index contributed by atoms with van der Waals surface area (Å²) in [5.41, 5.74) is 5.05. The molecule has 2 aromatic heterocycles. The van der Waals surface area contributed by atoms with E-state index in [0.717, 1.165) is 59.8 Å². The number of halogens is 2. The van der Waals surface area contributed by atoms with Gasteiger partial charge in [-0.25, -0.2) is 0 Å². The molecule has 3 heterocycles. The molecular formula is C19H20Cl2N4O. The van der Waals surface area contributed by atoms with E-state index in [4.69, 9.17) is 27.7 Å². The third-order valence-electron chi connectivity index (χ3n) is 5.17. The summed E-state index contributed by atoms with van der Waals surface area (Å²) in [4.78, 5) is 2.41. The topological polar surface area (TPSA) is 58.0 Å². The molecule has 1 aliphatic heterocycles. The Morgan fingerprint density at radius 3 is 2.92 bits per heavy atom. The third kappa shape index (κ3) is 3.04. The van der Waals surface area contributed by atoms with Crippen molar-refractivity contribution in [3.63, 3.8) is 0 Å². The molecular weight excluding hydrogens is 371 g/mol. The Morgan fingerprint density at radius 1 is 1.31 bits per heavy atom. The first kappa shape index (κ1) is 17.6. The summed E-state index contributed by atoms with van der Waals surface area (Å²) in [7, 11) is 0. The van der Waals surface area contributed by atoms with Crippen LogP contribution in [0.2, 0.25) is 10.0 Å². The zero-order chi connectivity index (χ0) is 18.3. The van der Waals surface area contributed by atoms with Crippen molar-refractivity contribution in [1.29, 1.82) is 0 Å². The van der Waals surface area contributed by atoms with Crippen LogP contribution in [0.4, 0.5) is 0 Å². The van der Waals surface area contributed by atoms with Gasteiger partial charge < -0.3 is 4.52 Å². The molecule has 1 atom stereocenters. The minimum atomic E-state index is 0.229. The molecule has 0 aliphatic carbocycles. The van der Waals surface area contributed by atoms with E-state index in [1.165, 1.54) is 0 Å². The van der Waals surface area contributed by atoms with Crippen molar-refractivity contribution in [2.45, 2.75) is 39.3 Å². The highest BCUT2D eigenvalue weighted by molar-refractivity contribution is 6.42. The predicted octanol–water partition coefficient (Wildman–Crippen LogP) is 5.33. The lowest BCUT2D eigenvalue weighted by Gasteiger charge is -2.25. The summed E-state index contributed by atoms with van der Waals surface area (Å²) in [5.74, 6) is 0.791. The average molecular weight is 391 g/mol. The highest BCUT2D eigenvalue weighted by atomic mass is 35.5. The van der Waals surface area contributed by atoms with E-state index < -0.39 is 0 Å². The maximum atomic E-state index is 6.39. The summed E-state index contributed by atoms with van der Waals surface area (Å²) in [6.07, 6.45) is 4.00. The number of hydrogen-bond donors (Lipinski definition) is 1. The Kier molecular flexibility index (Phi) is 4.78. The van der Waals surface area contributed by atoms with E-state index in [-0.39, 0.29) is 6.04 Å². The molecule has 7 heteroatoms. The Morgan fingerprint density at radius 2 is 2.15 bits per heavy atom. The maximum absolute atomic E-state index is 6.39. The molecule has 1 N–H and O–H groups in total. The lowest BCUT2D eigenvalue weighted by molar-refractivity contribution is 0.244. The molecule has 0 radical (unpaired) electrons. The number of nitrogens with one attached hydrogen (secondary N) is 1. The van der Waals surface area contributed by atoms with Crippen LogP contribution in [0.15, 0.2) is 28.9 Å². The van der Waals surface area contributed by atoms with Gasteiger partial charge in [0.2, 0.25) is 0 Å². The van der Waals surface area contributed by atoms with Crippen molar-refractivity contribution < 1.29 is 4.52 Å². The Balaban J connectivity index is 1.65. The van der Waals surface area contributed by atoms with E-state index in [1.807, 2.05) is 38.2 Å². The second kappa shape index (κ2) is 7.06. The highest BCUT2D eigenvalue weighted by Gasteiger charge is 2.31. The van der Waals surface area contributed by atoms with Crippen molar-refractivity contribution in [1.82, 2.24) is 20.3 Å². The average Bonchev–Trinajstić information content (AvgIpc) is 3.33. The van der Waals surface area contributed by atoms with Crippen molar-refractivity contribution in [2.24, 2.45) is 0 Å². The summed E-state index contributed by atoms with van der Waals surface area (Å²) in [6, 6.07) is 6.02. The lowest BCUT2D eigenvalue weighted by atomic mass is 10.0. The Hall–Kier alpha value is -1.82. The number of aryl methyl sites for hydroxylation is 1. The van der Waals surface area contributed by atoms with Crippen LogP contribution < -0.4 is 0 Å². The summed E-state index contributed by atoms with van der Waals surface area (Å²) < 4.78 is 5.56. The fourth-order valence-electron chi connectivity index (χ4n) is 3.63. The van der Waals surface area contributed by atoms with Crippen LogP contribution in [0, 0.1) is 13.8 Å². The summed E-state index contributed by atoms with van der Waals surface area (Å²) in [6.45, 7) is 5.72. The van der Waals surface area contributed by atoms with Gasteiger partial charge in [0.25, 0.3) is 0 Å². The van der Waals surface area contributed by atoms with Crippen LogP contribution in [0.5, 0.6) is 0 Å². The van der Waals surface area contributed by atoms with Crippen LogP contribution >= 0.6 is 23.2 Å². The molecule has 0 saturated carbocycles. The molecule has 1 saturated heterocycles. The van der Waals surface area contributed by atoms with Gasteiger partial charge in [0.1, 0.15) is 0 Å². The minimum Gasteiger partial charge on any atom is -0.356 e. The van der Waals surface area contributed by atoms with Crippen molar-refractivity contribution in [3.8, 4) is 11.3 Å². The predicted molar refractivity (Wildman–Crippen MR) is 102 cm³/mol. The van der Waals surface area contributed by atoms with Crippen LogP contribution in [0.25, 0.3) is 11.3 Å².